The van der Waals surface area contributed by atoms with Crippen LogP contribution in [0, 0.1) is 5.82 Å². The Morgan fingerprint density at radius 2 is 1.84 bits per heavy atom. The molecule has 5 rings (SSSR count). The van der Waals surface area contributed by atoms with Gasteiger partial charge in [-0.05, 0) is 18.7 Å². The van der Waals surface area contributed by atoms with E-state index in [0.29, 0.717) is 34.7 Å². The number of carbonyl (C=O) groups is 1. The second-order valence-corrected chi connectivity index (χ2v) is 8.62. The van der Waals surface area contributed by atoms with Gasteiger partial charge in [-0.15, -0.1) is 11.3 Å². The Hall–Kier alpha value is -3.23. The van der Waals surface area contributed by atoms with E-state index in [1.54, 1.807) is 46.3 Å². The third-order valence-corrected chi connectivity index (χ3v) is 6.76. The summed E-state index contributed by atoms with van der Waals surface area (Å²) in [6.07, 6.45) is 1.73. The molecule has 2 aromatic heterocycles. The minimum atomic E-state index is -1.31. The highest BCUT2D eigenvalue weighted by atomic mass is 32.1. The lowest BCUT2D eigenvalue weighted by atomic mass is 9.96. The number of aromatic nitrogens is 1. The smallest absolute Gasteiger partial charge is 0.342 e. The maximum atomic E-state index is 16.1. The van der Waals surface area contributed by atoms with Gasteiger partial charge in [-0.1, -0.05) is 30.3 Å². The fourth-order valence-corrected chi connectivity index (χ4v) is 5.15. The second kappa shape index (κ2) is 7.47. The maximum Gasteiger partial charge on any atom is 0.342 e. The van der Waals surface area contributed by atoms with Gasteiger partial charge in [0.25, 0.3) is 0 Å². The Morgan fingerprint density at radius 1 is 1.13 bits per heavy atom. The maximum absolute atomic E-state index is 16.1. The molecule has 0 bridgehead atoms. The molecular formula is C23H20FN3O3S. The number of rotatable bonds is 3. The summed E-state index contributed by atoms with van der Waals surface area (Å²) in [6.45, 7) is 2.96. The molecule has 158 valence electrons. The molecule has 0 unspecified atom stereocenters. The van der Waals surface area contributed by atoms with Gasteiger partial charge in [0.1, 0.15) is 10.4 Å². The van der Waals surface area contributed by atoms with Crippen molar-refractivity contribution in [2.45, 2.75) is 0 Å². The van der Waals surface area contributed by atoms with Crippen molar-refractivity contribution in [3.63, 3.8) is 0 Å². The first-order valence-electron chi connectivity index (χ1n) is 9.97. The second-order valence-electron chi connectivity index (χ2n) is 7.72. The van der Waals surface area contributed by atoms with Crippen LogP contribution in [0.2, 0.25) is 0 Å². The zero-order valence-corrected chi connectivity index (χ0v) is 17.7. The Kier molecular flexibility index (Phi) is 4.75. The molecule has 0 aliphatic carbocycles. The van der Waals surface area contributed by atoms with Gasteiger partial charge in [0.2, 0.25) is 5.43 Å². The van der Waals surface area contributed by atoms with Gasteiger partial charge in [-0.3, -0.25) is 4.79 Å². The number of carboxylic acids is 1. The third kappa shape index (κ3) is 3.10. The highest BCUT2D eigenvalue weighted by molar-refractivity contribution is 7.16. The van der Waals surface area contributed by atoms with Gasteiger partial charge in [-0.2, -0.15) is 0 Å². The predicted molar refractivity (Wildman–Crippen MR) is 121 cm³/mol. The summed E-state index contributed by atoms with van der Waals surface area (Å²) in [5, 5.41) is 11.6. The number of nitrogens with zero attached hydrogens (tertiary/aromatic N) is 3. The molecule has 0 saturated carbocycles. The molecule has 31 heavy (non-hydrogen) atoms. The van der Waals surface area contributed by atoms with Crippen molar-refractivity contribution in [1.29, 1.82) is 0 Å². The summed E-state index contributed by atoms with van der Waals surface area (Å²) in [5.41, 5.74) is 0.658. The van der Waals surface area contributed by atoms with E-state index in [1.807, 2.05) is 18.0 Å². The zero-order chi connectivity index (χ0) is 21.7. The van der Waals surface area contributed by atoms with Gasteiger partial charge in [0.05, 0.1) is 16.6 Å². The molecule has 0 radical (unpaired) electrons. The van der Waals surface area contributed by atoms with Crippen molar-refractivity contribution in [1.82, 2.24) is 9.30 Å². The largest absolute Gasteiger partial charge is 0.477 e. The van der Waals surface area contributed by atoms with E-state index in [0.717, 1.165) is 13.1 Å². The molecule has 1 fully saturated rings. The number of anilines is 1. The van der Waals surface area contributed by atoms with Crippen LogP contribution in [0.25, 0.3) is 26.9 Å². The topological polar surface area (TPSA) is 65.3 Å². The number of pyridine rings is 1. The number of hydrogen-bond acceptors (Lipinski definition) is 5. The molecule has 3 heterocycles. The third-order valence-electron chi connectivity index (χ3n) is 5.88. The summed E-state index contributed by atoms with van der Waals surface area (Å²) >= 11 is 1.19. The molecule has 1 aliphatic heterocycles. The number of piperazine rings is 1. The van der Waals surface area contributed by atoms with Crippen LogP contribution < -0.4 is 10.3 Å². The molecule has 8 heteroatoms. The van der Waals surface area contributed by atoms with E-state index < -0.39 is 17.2 Å². The van der Waals surface area contributed by atoms with Gasteiger partial charge < -0.3 is 19.3 Å². The molecule has 0 spiro atoms. The Labute approximate surface area is 181 Å². The normalized spacial score (nSPS) is 15.1. The summed E-state index contributed by atoms with van der Waals surface area (Å²) in [5.74, 6) is -1.80. The number of benzene rings is 2. The lowest BCUT2D eigenvalue weighted by Gasteiger charge is -2.34. The Bertz CT molecular complexity index is 1370. The van der Waals surface area contributed by atoms with Crippen molar-refractivity contribution >= 4 is 38.7 Å². The highest BCUT2D eigenvalue weighted by Gasteiger charge is 2.27. The highest BCUT2D eigenvalue weighted by Crippen LogP contribution is 2.37. The van der Waals surface area contributed by atoms with Crippen LogP contribution in [0.1, 0.15) is 10.4 Å². The van der Waals surface area contributed by atoms with E-state index in [9.17, 15) is 14.7 Å². The number of likely N-dealkylation sites (N-methyl/N-ethyl adjacent to an activating group) is 1. The van der Waals surface area contributed by atoms with Crippen molar-refractivity contribution in [2.75, 3.05) is 38.1 Å². The first-order chi connectivity index (χ1) is 15.0. The molecule has 1 aliphatic rings. The van der Waals surface area contributed by atoms with Gasteiger partial charge in [0, 0.05) is 43.3 Å². The summed E-state index contributed by atoms with van der Waals surface area (Å²) in [7, 11) is 2.03. The fourth-order valence-electron chi connectivity index (χ4n) is 4.26. The summed E-state index contributed by atoms with van der Waals surface area (Å²) in [6, 6.07) is 10.6. The van der Waals surface area contributed by atoms with E-state index in [-0.39, 0.29) is 16.5 Å². The molecule has 0 atom stereocenters. The summed E-state index contributed by atoms with van der Waals surface area (Å²) < 4.78 is 17.8. The molecule has 1 N–H and O–H groups in total. The quantitative estimate of drug-likeness (QED) is 0.529. The monoisotopic (exact) mass is 437 g/mol. The average Bonchev–Trinajstić information content (AvgIpc) is 3.24. The molecule has 4 aromatic rings. The fraction of sp³-hybridized carbons (Fsp3) is 0.217. The van der Waals surface area contributed by atoms with Crippen molar-refractivity contribution in [2.24, 2.45) is 0 Å². The zero-order valence-electron chi connectivity index (χ0n) is 16.8. The molecular weight excluding hydrogens is 417 g/mol. The molecule has 1 saturated heterocycles. The van der Waals surface area contributed by atoms with Crippen molar-refractivity contribution in [3.05, 3.63) is 69.6 Å². The molecule has 0 amide bonds. The lowest BCUT2D eigenvalue weighted by Crippen LogP contribution is -2.44. The van der Waals surface area contributed by atoms with E-state index in [2.05, 4.69) is 4.90 Å². The van der Waals surface area contributed by atoms with Crippen LogP contribution in [-0.2, 0) is 0 Å². The number of thiazole rings is 1. The number of hydrogen-bond donors (Lipinski definition) is 1. The van der Waals surface area contributed by atoms with Crippen LogP contribution in [0.15, 0.2) is 52.8 Å². The first kappa shape index (κ1) is 19.7. The predicted octanol–water partition coefficient (Wildman–Crippen LogP) is 3.77. The number of aromatic carboxylic acids is 1. The van der Waals surface area contributed by atoms with Crippen LogP contribution in [0.5, 0.6) is 0 Å². The standard InChI is InChI=1S/C23H20FN3O3S/c1-25-7-9-26(10-8-25)16-13-15-18(17(20(16)24)14-5-3-2-4-6-14)21(28)19(23(29)30)22-27(15)11-12-31-22/h2-6,11-13H,7-10H2,1H3,(H,29,30). The SMILES string of the molecule is CN1CCN(c2cc3c(c(-c4ccccc4)c2F)c(=O)c(C(=O)O)c2sccn23)CC1. The minimum Gasteiger partial charge on any atom is -0.477 e. The van der Waals surface area contributed by atoms with Gasteiger partial charge in [-0.25, -0.2) is 9.18 Å². The molecule has 6 nitrogen and oxygen atoms in total. The van der Waals surface area contributed by atoms with E-state index >= 15 is 4.39 Å². The Morgan fingerprint density at radius 3 is 2.52 bits per heavy atom. The summed E-state index contributed by atoms with van der Waals surface area (Å²) in [4.78, 5) is 29.9. The first-order valence-corrected chi connectivity index (χ1v) is 10.9. The minimum absolute atomic E-state index is 0.0925. The van der Waals surface area contributed by atoms with Crippen LogP contribution >= 0.6 is 11.3 Å². The van der Waals surface area contributed by atoms with Crippen molar-refractivity contribution in [3.8, 4) is 11.1 Å². The molecule has 2 aromatic carbocycles. The van der Waals surface area contributed by atoms with Crippen LogP contribution in [-0.4, -0.2) is 53.6 Å². The number of fused-ring (bicyclic) bond motifs is 3. The number of carboxylic acid groups (broad SMARTS) is 1. The van der Waals surface area contributed by atoms with E-state index in [1.165, 1.54) is 11.3 Å². The average molecular weight is 437 g/mol. The van der Waals surface area contributed by atoms with Crippen LogP contribution in [0.4, 0.5) is 10.1 Å². The number of halogens is 1. The lowest BCUT2D eigenvalue weighted by molar-refractivity contribution is 0.0697. The van der Waals surface area contributed by atoms with E-state index in [4.69, 9.17) is 0 Å². The van der Waals surface area contributed by atoms with Crippen molar-refractivity contribution < 1.29 is 14.3 Å². The van der Waals surface area contributed by atoms with Gasteiger partial charge >= 0.3 is 5.97 Å². The Balaban J connectivity index is 1.93. The van der Waals surface area contributed by atoms with Crippen LogP contribution in [0.3, 0.4) is 0 Å². The van der Waals surface area contributed by atoms with Gasteiger partial charge in [0.15, 0.2) is 5.82 Å².